The van der Waals surface area contributed by atoms with Gasteiger partial charge in [-0.25, -0.2) is 24.1 Å². The van der Waals surface area contributed by atoms with Crippen molar-refractivity contribution in [1.29, 1.82) is 0 Å². The van der Waals surface area contributed by atoms with E-state index in [1.165, 1.54) is 23.5 Å². The molecule has 0 aliphatic carbocycles. The van der Waals surface area contributed by atoms with Crippen LogP contribution in [0.5, 0.6) is 0 Å². The lowest BCUT2D eigenvalue weighted by Gasteiger charge is -2.37. The number of anilines is 1. The van der Waals surface area contributed by atoms with E-state index in [0.29, 0.717) is 53.8 Å². The summed E-state index contributed by atoms with van der Waals surface area (Å²) in [6.45, 7) is 8.20. The van der Waals surface area contributed by atoms with Crippen molar-refractivity contribution in [3.05, 3.63) is 83.2 Å². The first kappa shape index (κ1) is 28.6. The minimum Gasteiger partial charge on any atom is -0.444 e. The van der Waals surface area contributed by atoms with Gasteiger partial charge in [0, 0.05) is 37.7 Å². The minimum atomic E-state index is -1.23. The Kier molecular flexibility index (Phi) is 8.06. The molecule has 2 aromatic heterocycles. The highest BCUT2D eigenvalue weighted by atomic mass is 32.1. The number of ether oxygens (including phenoxy) is 1. The summed E-state index contributed by atoms with van der Waals surface area (Å²) >= 11 is 1.35. The number of rotatable bonds is 6. The summed E-state index contributed by atoms with van der Waals surface area (Å²) in [4.78, 5) is 29.0. The zero-order chi connectivity index (χ0) is 29.2. The molecule has 5 rings (SSSR count). The van der Waals surface area contributed by atoms with Crippen LogP contribution in [-0.4, -0.2) is 49.7 Å². The molecule has 1 aliphatic rings. The molecule has 41 heavy (non-hydrogen) atoms. The zero-order valence-corrected chi connectivity index (χ0v) is 24.4. The van der Waals surface area contributed by atoms with Gasteiger partial charge in [-0.15, -0.1) is 11.3 Å². The number of benzene rings is 2. The van der Waals surface area contributed by atoms with Crippen LogP contribution in [-0.2, 0) is 10.3 Å². The zero-order valence-electron chi connectivity index (χ0n) is 23.6. The van der Waals surface area contributed by atoms with Gasteiger partial charge in [0.1, 0.15) is 22.0 Å². The van der Waals surface area contributed by atoms with Crippen molar-refractivity contribution >= 4 is 23.4 Å². The lowest BCUT2D eigenvalue weighted by Crippen LogP contribution is -2.46. The van der Waals surface area contributed by atoms with Gasteiger partial charge < -0.3 is 20.1 Å². The van der Waals surface area contributed by atoms with E-state index in [-0.39, 0.29) is 11.9 Å². The fourth-order valence-electron chi connectivity index (χ4n) is 4.67. The number of piperidine rings is 1. The number of hydrogen-bond donors (Lipinski definition) is 2. The van der Waals surface area contributed by atoms with E-state index in [1.54, 1.807) is 29.3 Å². The smallest absolute Gasteiger partial charge is 0.410 e. The van der Waals surface area contributed by atoms with Gasteiger partial charge in [-0.2, -0.15) is 0 Å². The second-order valence-electron chi connectivity index (χ2n) is 11.2. The Balaban J connectivity index is 1.44. The Bertz CT molecular complexity index is 1500. The van der Waals surface area contributed by atoms with E-state index in [2.05, 4.69) is 10.3 Å². The van der Waals surface area contributed by atoms with E-state index in [0.717, 1.165) is 10.4 Å². The van der Waals surface area contributed by atoms with Crippen molar-refractivity contribution in [2.24, 2.45) is 0 Å². The Morgan fingerprint density at radius 3 is 2.41 bits per heavy atom. The highest BCUT2D eigenvalue weighted by Crippen LogP contribution is 2.43. The molecule has 0 bridgehead atoms. The van der Waals surface area contributed by atoms with Gasteiger partial charge in [0.2, 0.25) is 5.95 Å². The molecule has 1 amide bonds. The van der Waals surface area contributed by atoms with Crippen LogP contribution in [0.25, 0.3) is 21.8 Å². The van der Waals surface area contributed by atoms with Crippen LogP contribution in [0, 0.1) is 5.82 Å². The molecule has 10 heteroatoms. The molecule has 1 atom stereocenters. The van der Waals surface area contributed by atoms with E-state index in [1.807, 2.05) is 58.0 Å². The third-order valence-corrected chi connectivity index (χ3v) is 8.19. The van der Waals surface area contributed by atoms with Gasteiger partial charge in [-0.3, -0.25) is 0 Å². The molecule has 8 nitrogen and oxygen atoms in total. The van der Waals surface area contributed by atoms with Crippen molar-refractivity contribution in [3.63, 3.8) is 0 Å². The van der Waals surface area contributed by atoms with Crippen LogP contribution >= 0.6 is 11.3 Å². The first-order chi connectivity index (χ1) is 19.5. The maximum Gasteiger partial charge on any atom is 0.410 e. The number of amides is 1. The molecule has 4 aromatic rings. The summed E-state index contributed by atoms with van der Waals surface area (Å²) in [5.74, 6) is 0.116. The van der Waals surface area contributed by atoms with Gasteiger partial charge in [0.15, 0.2) is 0 Å². The third kappa shape index (κ3) is 6.71. The number of carbonyl (C=O) groups is 1. The molecular formula is C31H34FN5O3S. The number of thiazole rings is 1. The van der Waals surface area contributed by atoms with Crippen LogP contribution in [0.1, 0.15) is 57.1 Å². The Morgan fingerprint density at radius 2 is 1.76 bits per heavy atom. The standard InChI is InChI=1S/C31H34FN5O3S/c1-20(21-8-6-5-7-9-21)34-28-33-17-14-24(35-28)26-25(22-10-12-23(32)13-11-22)36-27(41-26)31(39)15-18-37(19-16-31)29(38)40-30(2,3)4/h5-14,17,20,39H,15-16,18-19H2,1-4H3,(H,33,34,35). The van der Waals surface area contributed by atoms with Crippen molar-refractivity contribution in [2.75, 3.05) is 18.4 Å². The monoisotopic (exact) mass is 575 g/mol. The van der Waals surface area contributed by atoms with Gasteiger partial charge in [0.25, 0.3) is 0 Å². The van der Waals surface area contributed by atoms with E-state index in [4.69, 9.17) is 14.7 Å². The van der Waals surface area contributed by atoms with E-state index >= 15 is 0 Å². The molecule has 1 unspecified atom stereocenters. The quantitative estimate of drug-likeness (QED) is 0.261. The molecular weight excluding hydrogens is 541 g/mol. The van der Waals surface area contributed by atoms with Gasteiger partial charge in [-0.05, 0) is 63.6 Å². The van der Waals surface area contributed by atoms with E-state index < -0.39 is 17.3 Å². The number of hydrogen-bond acceptors (Lipinski definition) is 8. The molecule has 2 aromatic carbocycles. The Hall–Kier alpha value is -3.89. The predicted molar refractivity (Wildman–Crippen MR) is 158 cm³/mol. The highest BCUT2D eigenvalue weighted by Gasteiger charge is 2.40. The lowest BCUT2D eigenvalue weighted by molar-refractivity contribution is -0.0356. The molecule has 0 radical (unpaired) electrons. The largest absolute Gasteiger partial charge is 0.444 e. The SMILES string of the molecule is CC(Nc1nccc(-c2sc(C3(O)CCN(C(=O)OC(C)(C)C)CC3)nc2-c2ccc(F)cc2)n1)c1ccccc1. The van der Waals surface area contributed by atoms with E-state index in [9.17, 15) is 14.3 Å². The van der Waals surface area contributed by atoms with Crippen LogP contribution < -0.4 is 5.32 Å². The number of aliphatic hydroxyl groups is 1. The maximum atomic E-state index is 13.8. The minimum absolute atomic E-state index is 0.0177. The Labute approximate surface area is 243 Å². The summed E-state index contributed by atoms with van der Waals surface area (Å²) in [5, 5.41) is 15.6. The third-order valence-electron chi connectivity index (χ3n) is 6.92. The first-order valence-electron chi connectivity index (χ1n) is 13.6. The molecule has 1 saturated heterocycles. The van der Waals surface area contributed by atoms with Gasteiger partial charge >= 0.3 is 6.09 Å². The number of likely N-dealkylation sites (tertiary alicyclic amines) is 1. The fraction of sp³-hybridized carbons (Fsp3) is 0.355. The summed E-state index contributed by atoms with van der Waals surface area (Å²) in [6, 6.07) is 17.9. The summed E-state index contributed by atoms with van der Waals surface area (Å²) in [5.41, 5.74) is 1.24. The van der Waals surface area contributed by atoms with Gasteiger partial charge in [0.05, 0.1) is 22.3 Å². The van der Waals surface area contributed by atoms with Crippen molar-refractivity contribution < 1.29 is 19.0 Å². The van der Waals surface area contributed by atoms with Crippen molar-refractivity contribution in [3.8, 4) is 21.8 Å². The number of nitrogens with one attached hydrogen (secondary N) is 1. The molecule has 1 fully saturated rings. The average Bonchev–Trinajstić information content (AvgIpc) is 3.40. The average molecular weight is 576 g/mol. The number of nitrogens with zero attached hydrogens (tertiary/aromatic N) is 4. The van der Waals surface area contributed by atoms with Crippen LogP contribution in [0.4, 0.5) is 15.1 Å². The number of carbonyl (C=O) groups excluding carboxylic acids is 1. The molecule has 214 valence electrons. The molecule has 0 saturated carbocycles. The molecule has 2 N–H and O–H groups in total. The first-order valence-corrected chi connectivity index (χ1v) is 14.4. The number of halogens is 1. The second kappa shape index (κ2) is 11.5. The molecule has 0 spiro atoms. The summed E-state index contributed by atoms with van der Waals surface area (Å²) in [7, 11) is 0. The van der Waals surface area contributed by atoms with Crippen LogP contribution in [0.15, 0.2) is 66.9 Å². The maximum absolute atomic E-state index is 13.8. The normalized spacial score (nSPS) is 15.8. The summed E-state index contributed by atoms with van der Waals surface area (Å²) < 4.78 is 19.3. The molecule has 1 aliphatic heterocycles. The topological polar surface area (TPSA) is 100 Å². The number of aromatic nitrogens is 3. The summed E-state index contributed by atoms with van der Waals surface area (Å²) in [6.07, 6.45) is 1.92. The second-order valence-corrected chi connectivity index (χ2v) is 12.2. The molecule has 3 heterocycles. The highest BCUT2D eigenvalue weighted by molar-refractivity contribution is 7.15. The van der Waals surface area contributed by atoms with Crippen molar-refractivity contribution in [2.45, 2.75) is 57.8 Å². The lowest BCUT2D eigenvalue weighted by atomic mass is 9.92. The Morgan fingerprint density at radius 1 is 1.07 bits per heavy atom. The predicted octanol–water partition coefficient (Wildman–Crippen LogP) is 6.80. The van der Waals surface area contributed by atoms with Crippen LogP contribution in [0.2, 0.25) is 0 Å². The fourth-order valence-corrected chi connectivity index (χ4v) is 5.87. The van der Waals surface area contributed by atoms with Crippen LogP contribution in [0.3, 0.4) is 0 Å². The van der Waals surface area contributed by atoms with Gasteiger partial charge in [-0.1, -0.05) is 30.3 Å². The van der Waals surface area contributed by atoms with Crippen molar-refractivity contribution in [1.82, 2.24) is 19.9 Å².